The van der Waals surface area contributed by atoms with E-state index in [1.165, 1.54) is 0 Å². The maximum atomic E-state index is 12.1. The summed E-state index contributed by atoms with van der Waals surface area (Å²) in [6.07, 6.45) is 5.23. The van der Waals surface area contributed by atoms with Crippen LogP contribution in [-0.4, -0.2) is 22.8 Å². The molecular weight excluding hydrogens is 296 g/mol. The van der Waals surface area contributed by atoms with E-state index in [1.54, 1.807) is 42.7 Å². The number of ether oxygens (including phenoxy) is 2. The van der Waals surface area contributed by atoms with Crippen molar-refractivity contribution in [3.05, 3.63) is 77.6 Å². The smallest absolute Gasteiger partial charge is 0.337 e. The molecule has 6 heteroatoms. The SMILES string of the molecule is O=C1/C=C/C(=O)OC2(c3ccncc3)N=C(O1)c1ccccc12. The Morgan fingerprint density at radius 3 is 2.48 bits per heavy atom. The third-order valence-corrected chi connectivity index (χ3v) is 3.65. The summed E-state index contributed by atoms with van der Waals surface area (Å²) in [5.74, 6) is -1.23. The lowest BCUT2D eigenvalue weighted by Crippen LogP contribution is -2.30. The lowest BCUT2D eigenvalue weighted by molar-refractivity contribution is -0.149. The van der Waals surface area contributed by atoms with Crippen molar-refractivity contribution in [1.29, 1.82) is 0 Å². The fourth-order valence-electron chi connectivity index (χ4n) is 2.69. The Kier molecular flexibility index (Phi) is 2.84. The van der Waals surface area contributed by atoms with E-state index in [9.17, 15) is 9.59 Å². The molecule has 1 atom stereocenters. The lowest BCUT2D eigenvalue weighted by Gasteiger charge is -2.26. The Morgan fingerprint density at radius 1 is 0.913 bits per heavy atom. The summed E-state index contributed by atoms with van der Waals surface area (Å²) >= 11 is 0. The lowest BCUT2D eigenvalue weighted by atomic mass is 9.94. The molecule has 0 amide bonds. The molecule has 1 aromatic heterocycles. The van der Waals surface area contributed by atoms with Gasteiger partial charge >= 0.3 is 11.9 Å². The van der Waals surface area contributed by atoms with Crippen LogP contribution in [-0.2, 0) is 24.8 Å². The summed E-state index contributed by atoms with van der Waals surface area (Å²) in [5.41, 5.74) is 0.481. The molecule has 1 unspecified atom stereocenters. The van der Waals surface area contributed by atoms with E-state index in [4.69, 9.17) is 9.47 Å². The highest BCUT2D eigenvalue weighted by Crippen LogP contribution is 2.42. The number of carbonyl (C=O) groups excluding carboxylic acids is 2. The molecule has 3 heterocycles. The predicted octanol–water partition coefficient (Wildman–Crippen LogP) is 1.70. The van der Waals surface area contributed by atoms with Crippen LogP contribution in [0.2, 0.25) is 0 Å². The number of hydrogen-bond acceptors (Lipinski definition) is 6. The number of fused-ring (bicyclic) bond motifs is 4. The molecule has 6 nitrogen and oxygen atoms in total. The average Bonchev–Trinajstić information content (AvgIpc) is 2.91. The normalized spacial score (nSPS) is 23.6. The van der Waals surface area contributed by atoms with Crippen molar-refractivity contribution < 1.29 is 19.1 Å². The minimum atomic E-state index is -1.39. The van der Waals surface area contributed by atoms with Crippen LogP contribution in [0.3, 0.4) is 0 Å². The van der Waals surface area contributed by atoms with Gasteiger partial charge in [0.2, 0.25) is 5.90 Å². The highest BCUT2D eigenvalue weighted by atomic mass is 16.6. The van der Waals surface area contributed by atoms with E-state index in [0.717, 1.165) is 12.2 Å². The van der Waals surface area contributed by atoms with Gasteiger partial charge < -0.3 is 9.47 Å². The van der Waals surface area contributed by atoms with Gasteiger partial charge in [0.1, 0.15) is 0 Å². The molecule has 4 rings (SSSR count). The van der Waals surface area contributed by atoms with Crippen LogP contribution in [0.1, 0.15) is 16.7 Å². The van der Waals surface area contributed by atoms with E-state index in [0.29, 0.717) is 16.7 Å². The van der Waals surface area contributed by atoms with E-state index in [2.05, 4.69) is 9.98 Å². The molecule has 0 fully saturated rings. The van der Waals surface area contributed by atoms with Crippen molar-refractivity contribution in [3.63, 3.8) is 0 Å². The molecule has 0 saturated carbocycles. The number of aromatic nitrogens is 1. The van der Waals surface area contributed by atoms with Gasteiger partial charge in [-0.1, -0.05) is 18.2 Å². The molecule has 1 aromatic carbocycles. The quantitative estimate of drug-likeness (QED) is 0.749. The molecule has 0 aliphatic carbocycles. The highest BCUT2D eigenvalue weighted by molar-refractivity contribution is 6.08. The minimum absolute atomic E-state index is 0.127. The van der Waals surface area contributed by atoms with Crippen LogP contribution in [0.5, 0.6) is 0 Å². The summed E-state index contributed by atoms with van der Waals surface area (Å²) < 4.78 is 10.9. The summed E-state index contributed by atoms with van der Waals surface area (Å²) in [7, 11) is 0. The number of hydrogen-bond donors (Lipinski definition) is 0. The molecule has 112 valence electrons. The van der Waals surface area contributed by atoms with Crippen LogP contribution < -0.4 is 0 Å². The van der Waals surface area contributed by atoms with E-state index in [-0.39, 0.29) is 5.90 Å². The second kappa shape index (κ2) is 4.88. The summed E-state index contributed by atoms with van der Waals surface area (Å²) in [6, 6.07) is 10.6. The maximum Gasteiger partial charge on any atom is 0.337 e. The van der Waals surface area contributed by atoms with Gasteiger partial charge in [-0.15, -0.1) is 0 Å². The Bertz CT molecular complexity index is 873. The fourth-order valence-corrected chi connectivity index (χ4v) is 2.69. The van der Waals surface area contributed by atoms with Crippen molar-refractivity contribution in [1.82, 2.24) is 4.98 Å². The molecule has 2 aromatic rings. The molecule has 2 aliphatic rings. The second-order valence-electron chi connectivity index (χ2n) is 5.02. The van der Waals surface area contributed by atoms with Crippen molar-refractivity contribution in [3.8, 4) is 0 Å². The van der Waals surface area contributed by atoms with E-state index < -0.39 is 17.7 Å². The van der Waals surface area contributed by atoms with Gasteiger partial charge in [0.05, 0.1) is 0 Å². The van der Waals surface area contributed by atoms with Gasteiger partial charge in [-0.2, -0.15) is 4.99 Å². The number of esters is 2. The minimum Gasteiger partial charge on any atom is -0.425 e. The Hall–Kier alpha value is -3.28. The van der Waals surface area contributed by atoms with Crippen molar-refractivity contribution >= 4 is 17.8 Å². The van der Waals surface area contributed by atoms with Crippen molar-refractivity contribution in [2.75, 3.05) is 0 Å². The zero-order valence-electron chi connectivity index (χ0n) is 11.8. The largest absolute Gasteiger partial charge is 0.425 e. The number of pyridine rings is 1. The number of nitrogens with zero attached hydrogens (tertiary/aromatic N) is 2. The Morgan fingerprint density at radius 2 is 1.65 bits per heavy atom. The van der Waals surface area contributed by atoms with Crippen LogP contribution in [0.25, 0.3) is 0 Å². The van der Waals surface area contributed by atoms with Crippen LogP contribution in [0.4, 0.5) is 0 Å². The molecule has 0 saturated heterocycles. The number of rotatable bonds is 1. The second-order valence-corrected chi connectivity index (χ2v) is 5.02. The van der Waals surface area contributed by atoms with Gasteiger partial charge in [-0.3, -0.25) is 4.98 Å². The molecule has 2 bridgehead atoms. The Labute approximate surface area is 131 Å². The van der Waals surface area contributed by atoms with Crippen LogP contribution in [0.15, 0.2) is 65.9 Å². The predicted molar refractivity (Wildman–Crippen MR) is 79.3 cm³/mol. The van der Waals surface area contributed by atoms with Crippen LogP contribution >= 0.6 is 0 Å². The standard InChI is InChI=1S/C17H10N2O4/c20-14-5-6-15(21)23-17(11-7-9-18-10-8-11)13-4-2-1-3-12(13)16(19-17)22-14/h1-10H/b6-5+. The number of aliphatic imine (C=N–C) groups is 1. The first kappa shape index (κ1) is 13.4. The first-order valence-corrected chi connectivity index (χ1v) is 6.92. The van der Waals surface area contributed by atoms with Gasteiger partial charge in [-0.25, -0.2) is 9.59 Å². The molecule has 0 spiro atoms. The molecule has 0 N–H and O–H groups in total. The highest BCUT2D eigenvalue weighted by Gasteiger charge is 2.46. The first-order valence-electron chi connectivity index (χ1n) is 6.92. The summed E-state index contributed by atoms with van der Waals surface area (Å²) in [5, 5.41) is 0. The topological polar surface area (TPSA) is 77.9 Å². The van der Waals surface area contributed by atoms with Crippen molar-refractivity contribution in [2.24, 2.45) is 4.99 Å². The van der Waals surface area contributed by atoms with Crippen molar-refractivity contribution in [2.45, 2.75) is 5.72 Å². The maximum absolute atomic E-state index is 12.1. The third-order valence-electron chi connectivity index (χ3n) is 3.65. The zero-order chi connectivity index (χ0) is 15.9. The monoisotopic (exact) mass is 306 g/mol. The van der Waals surface area contributed by atoms with Gasteiger partial charge in [-0.05, 0) is 18.2 Å². The first-order chi connectivity index (χ1) is 11.2. The summed E-state index contributed by atoms with van der Waals surface area (Å²) in [6.45, 7) is 0. The molecule has 23 heavy (non-hydrogen) atoms. The Balaban J connectivity index is 2.01. The number of benzene rings is 1. The zero-order valence-corrected chi connectivity index (χ0v) is 11.8. The molecule has 2 aliphatic heterocycles. The fraction of sp³-hybridized carbons (Fsp3) is 0.0588. The van der Waals surface area contributed by atoms with Gasteiger partial charge in [0.15, 0.2) is 0 Å². The molecular formula is C17H10N2O4. The number of carbonyl (C=O) groups is 2. The van der Waals surface area contributed by atoms with E-state index in [1.807, 2.05) is 6.07 Å². The third kappa shape index (κ3) is 2.03. The molecule has 0 radical (unpaired) electrons. The summed E-state index contributed by atoms with van der Waals surface area (Å²) in [4.78, 5) is 32.3. The van der Waals surface area contributed by atoms with Gasteiger partial charge in [0, 0.05) is 41.2 Å². The van der Waals surface area contributed by atoms with E-state index >= 15 is 0 Å². The average molecular weight is 306 g/mol. The van der Waals surface area contributed by atoms with Gasteiger partial charge in [0.25, 0.3) is 5.72 Å². The van der Waals surface area contributed by atoms with Crippen LogP contribution in [0, 0.1) is 0 Å².